The molecule has 0 aromatic rings. The Balaban J connectivity index is 2.14. The van der Waals surface area contributed by atoms with Crippen molar-refractivity contribution in [2.45, 2.75) is 12.5 Å². The predicted octanol–water partition coefficient (Wildman–Crippen LogP) is 0.910. The number of methoxy groups -OCH3 is 1. The van der Waals surface area contributed by atoms with E-state index in [0.717, 1.165) is 39.3 Å². The van der Waals surface area contributed by atoms with Crippen LogP contribution in [0.15, 0.2) is 12.7 Å². The third kappa shape index (κ3) is 3.89. The number of ether oxygens (including phenoxy) is 2. The van der Waals surface area contributed by atoms with E-state index in [1.807, 2.05) is 6.08 Å². The highest BCUT2D eigenvalue weighted by Crippen LogP contribution is 2.05. The Hall–Kier alpha value is -0.380. The van der Waals surface area contributed by atoms with Crippen LogP contribution < -0.4 is 0 Å². The van der Waals surface area contributed by atoms with Gasteiger partial charge in [-0.25, -0.2) is 0 Å². The van der Waals surface area contributed by atoms with E-state index in [0.29, 0.717) is 0 Å². The van der Waals surface area contributed by atoms with Gasteiger partial charge in [0, 0.05) is 33.4 Å². The van der Waals surface area contributed by atoms with E-state index in [4.69, 9.17) is 9.47 Å². The molecule has 1 heterocycles. The zero-order valence-electron chi connectivity index (χ0n) is 8.37. The fourth-order valence-corrected chi connectivity index (χ4v) is 1.51. The fraction of sp³-hybridized carbons (Fsp3) is 0.800. The van der Waals surface area contributed by atoms with Crippen LogP contribution >= 0.6 is 0 Å². The van der Waals surface area contributed by atoms with E-state index in [1.165, 1.54) is 0 Å². The second-order valence-corrected chi connectivity index (χ2v) is 3.29. The van der Waals surface area contributed by atoms with Crippen LogP contribution in [-0.2, 0) is 9.47 Å². The van der Waals surface area contributed by atoms with Crippen molar-refractivity contribution in [2.24, 2.45) is 0 Å². The first-order chi connectivity index (χ1) is 6.36. The van der Waals surface area contributed by atoms with Crippen LogP contribution in [0.5, 0.6) is 0 Å². The van der Waals surface area contributed by atoms with Gasteiger partial charge < -0.3 is 9.47 Å². The number of morpholine rings is 1. The molecule has 0 amide bonds. The second kappa shape index (κ2) is 6.13. The largest absolute Gasteiger partial charge is 0.385 e. The molecule has 3 heteroatoms. The van der Waals surface area contributed by atoms with Crippen LogP contribution in [0.4, 0.5) is 0 Å². The standard InChI is InChI=1S/C10H19NO2/c1-3-10-9-11(6-8-13-10)5-4-7-12-2/h3,10H,1,4-9H2,2H3/t10-/m0/s1. The monoisotopic (exact) mass is 185 g/mol. The van der Waals surface area contributed by atoms with Crippen LogP contribution in [0.1, 0.15) is 6.42 Å². The molecule has 1 aliphatic heterocycles. The second-order valence-electron chi connectivity index (χ2n) is 3.29. The number of hydrogen-bond acceptors (Lipinski definition) is 3. The minimum Gasteiger partial charge on any atom is -0.385 e. The van der Waals surface area contributed by atoms with Gasteiger partial charge in [0.25, 0.3) is 0 Å². The molecule has 0 unspecified atom stereocenters. The molecule has 0 spiro atoms. The molecular weight excluding hydrogens is 166 g/mol. The van der Waals surface area contributed by atoms with Gasteiger partial charge >= 0.3 is 0 Å². The summed E-state index contributed by atoms with van der Waals surface area (Å²) in [5.74, 6) is 0. The Labute approximate surface area is 80.3 Å². The smallest absolute Gasteiger partial charge is 0.0880 e. The lowest BCUT2D eigenvalue weighted by Crippen LogP contribution is -2.42. The lowest BCUT2D eigenvalue weighted by atomic mass is 10.2. The van der Waals surface area contributed by atoms with Gasteiger partial charge in [-0.05, 0) is 6.42 Å². The number of nitrogens with zero attached hydrogens (tertiary/aromatic N) is 1. The maximum Gasteiger partial charge on any atom is 0.0880 e. The Kier molecular flexibility index (Phi) is 5.05. The van der Waals surface area contributed by atoms with Crippen molar-refractivity contribution in [1.29, 1.82) is 0 Å². The maximum absolute atomic E-state index is 5.47. The average Bonchev–Trinajstić information content (AvgIpc) is 2.19. The van der Waals surface area contributed by atoms with Crippen molar-refractivity contribution in [3.63, 3.8) is 0 Å². The van der Waals surface area contributed by atoms with Crippen LogP contribution in [0, 0.1) is 0 Å². The van der Waals surface area contributed by atoms with Gasteiger partial charge in [0.1, 0.15) is 0 Å². The Morgan fingerprint density at radius 3 is 3.23 bits per heavy atom. The SMILES string of the molecule is C=C[C@H]1CN(CCCOC)CCO1. The Bertz CT molecular complexity index is 150. The molecule has 1 rings (SSSR count). The summed E-state index contributed by atoms with van der Waals surface area (Å²) in [5, 5.41) is 0. The Morgan fingerprint density at radius 2 is 2.54 bits per heavy atom. The third-order valence-corrected chi connectivity index (χ3v) is 2.26. The molecule has 0 aromatic heterocycles. The molecule has 1 aliphatic rings. The van der Waals surface area contributed by atoms with E-state index in [2.05, 4.69) is 11.5 Å². The van der Waals surface area contributed by atoms with Crippen LogP contribution in [-0.4, -0.2) is 51.0 Å². The van der Waals surface area contributed by atoms with Crippen molar-refractivity contribution >= 4 is 0 Å². The molecule has 0 radical (unpaired) electrons. The number of hydrogen-bond donors (Lipinski definition) is 0. The highest BCUT2D eigenvalue weighted by molar-refractivity contribution is 4.85. The molecule has 0 saturated carbocycles. The van der Waals surface area contributed by atoms with Crippen molar-refractivity contribution in [1.82, 2.24) is 4.90 Å². The minimum atomic E-state index is 0.219. The molecule has 3 nitrogen and oxygen atoms in total. The van der Waals surface area contributed by atoms with E-state index in [1.54, 1.807) is 7.11 Å². The lowest BCUT2D eigenvalue weighted by molar-refractivity contribution is -0.00543. The minimum absolute atomic E-state index is 0.219. The van der Waals surface area contributed by atoms with Crippen LogP contribution in [0.3, 0.4) is 0 Å². The zero-order valence-corrected chi connectivity index (χ0v) is 8.37. The van der Waals surface area contributed by atoms with Gasteiger partial charge in [0.2, 0.25) is 0 Å². The normalized spacial score (nSPS) is 24.5. The van der Waals surface area contributed by atoms with Crippen LogP contribution in [0.2, 0.25) is 0 Å². The first-order valence-electron chi connectivity index (χ1n) is 4.82. The summed E-state index contributed by atoms with van der Waals surface area (Å²) in [6.45, 7) is 8.52. The van der Waals surface area contributed by atoms with E-state index < -0.39 is 0 Å². The Morgan fingerprint density at radius 1 is 1.69 bits per heavy atom. The van der Waals surface area contributed by atoms with Crippen molar-refractivity contribution < 1.29 is 9.47 Å². The predicted molar refractivity (Wildman–Crippen MR) is 52.9 cm³/mol. The molecule has 76 valence electrons. The van der Waals surface area contributed by atoms with Crippen LogP contribution in [0.25, 0.3) is 0 Å². The average molecular weight is 185 g/mol. The molecule has 1 atom stereocenters. The first kappa shape index (κ1) is 10.7. The molecule has 1 saturated heterocycles. The topological polar surface area (TPSA) is 21.7 Å². The fourth-order valence-electron chi connectivity index (χ4n) is 1.51. The summed E-state index contributed by atoms with van der Waals surface area (Å²) in [5.41, 5.74) is 0. The third-order valence-electron chi connectivity index (χ3n) is 2.26. The van der Waals surface area contributed by atoms with Gasteiger partial charge in [-0.15, -0.1) is 6.58 Å². The van der Waals surface area contributed by atoms with Gasteiger partial charge in [-0.3, -0.25) is 4.90 Å². The molecule has 1 fully saturated rings. The summed E-state index contributed by atoms with van der Waals surface area (Å²) in [6.07, 6.45) is 3.19. The van der Waals surface area contributed by atoms with E-state index in [-0.39, 0.29) is 6.10 Å². The molecule has 0 aliphatic carbocycles. The molecule has 13 heavy (non-hydrogen) atoms. The lowest BCUT2D eigenvalue weighted by Gasteiger charge is -2.31. The molecule has 0 aromatic carbocycles. The quantitative estimate of drug-likeness (QED) is 0.469. The molecular formula is C10H19NO2. The van der Waals surface area contributed by atoms with Crippen molar-refractivity contribution in [3.8, 4) is 0 Å². The maximum atomic E-state index is 5.47. The summed E-state index contributed by atoms with van der Waals surface area (Å²) in [6, 6.07) is 0. The van der Waals surface area contributed by atoms with Crippen molar-refractivity contribution in [3.05, 3.63) is 12.7 Å². The highest BCUT2D eigenvalue weighted by atomic mass is 16.5. The van der Waals surface area contributed by atoms with Gasteiger partial charge in [0.15, 0.2) is 0 Å². The molecule has 0 bridgehead atoms. The number of rotatable bonds is 5. The molecule has 0 N–H and O–H groups in total. The van der Waals surface area contributed by atoms with Gasteiger partial charge in [0.05, 0.1) is 12.7 Å². The summed E-state index contributed by atoms with van der Waals surface area (Å²) in [7, 11) is 1.74. The summed E-state index contributed by atoms with van der Waals surface area (Å²) < 4.78 is 10.5. The van der Waals surface area contributed by atoms with Gasteiger partial charge in [-0.2, -0.15) is 0 Å². The van der Waals surface area contributed by atoms with E-state index in [9.17, 15) is 0 Å². The first-order valence-corrected chi connectivity index (χ1v) is 4.82. The van der Waals surface area contributed by atoms with Gasteiger partial charge in [-0.1, -0.05) is 6.08 Å². The zero-order chi connectivity index (χ0) is 9.52. The summed E-state index contributed by atoms with van der Waals surface area (Å²) in [4.78, 5) is 2.40. The van der Waals surface area contributed by atoms with Crippen molar-refractivity contribution in [2.75, 3.05) is 40.0 Å². The summed E-state index contributed by atoms with van der Waals surface area (Å²) >= 11 is 0. The highest BCUT2D eigenvalue weighted by Gasteiger charge is 2.16. The van der Waals surface area contributed by atoms with E-state index >= 15 is 0 Å².